The van der Waals surface area contributed by atoms with Crippen molar-refractivity contribution in [2.24, 2.45) is 0 Å². The lowest BCUT2D eigenvalue weighted by Crippen LogP contribution is -2.48. The molecule has 1 N–H and O–H groups in total. The first-order chi connectivity index (χ1) is 14.6. The Hall–Kier alpha value is -2.34. The molecule has 1 aliphatic rings. The summed E-state index contributed by atoms with van der Waals surface area (Å²) in [6.07, 6.45) is 6.52. The molecule has 1 aliphatic carbocycles. The summed E-state index contributed by atoms with van der Waals surface area (Å²) in [5.74, 6) is -0.298. The molecule has 5 nitrogen and oxygen atoms in total. The second kappa shape index (κ2) is 9.43. The van der Waals surface area contributed by atoms with Crippen molar-refractivity contribution in [2.45, 2.75) is 71.9 Å². The predicted molar refractivity (Wildman–Crippen MR) is 127 cm³/mol. The smallest absolute Gasteiger partial charge is 0.244 e. The molecule has 2 aromatic carbocycles. The molecule has 6 heteroatoms. The molecular weight excluding hydrogens is 408 g/mol. The second-order valence-corrected chi connectivity index (χ2v) is 10.6. The number of hydrogen-bond acceptors (Lipinski definition) is 3. The van der Waals surface area contributed by atoms with Crippen LogP contribution in [0.4, 0.5) is 5.69 Å². The minimum absolute atomic E-state index is 0.150. The molecular formula is C25H34N2O3S. The van der Waals surface area contributed by atoms with E-state index in [-0.39, 0.29) is 11.9 Å². The highest BCUT2D eigenvalue weighted by molar-refractivity contribution is 7.92. The fraction of sp³-hybridized carbons (Fsp3) is 0.480. The zero-order valence-electron chi connectivity index (χ0n) is 19.2. The van der Waals surface area contributed by atoms with Gasteiger partial charge in [-0.25, -0.2) is 8.42 Å². The number of hydrogen-bond donors (Lipinski definition) is 1. The molecule has 1 amide bonds. The second-order valence-electron chi connectivity index (χ2n) is 8.71. The van der Waals surface area contributed by atoms with Crippen molar-refractivity contribution in [3.8, 4) is 0 Å². The normalized spacial score (nSPS) is 15.6. The molecule has 2 atom stereocenters. The van der Waals surface area contributed by atoms with Crippen LogP contribution in [0.25, 0.3) is 0 Å². The SMILES string of the molecule is CC[C@H](NC(=O)[C@@H](C)N(c1ccc(C)c(C)c1)S(C)(=O)=O)c1ccc2c(c1)CCCC2. The van der Waals surface area contributed by atoms with E-state index in [1.165, 1.54) is 28.3 Å². The minimum Gasteiger partial charge on any atom is -0.347 e. The van der Waals surface area contributed by atoms with Gasteiger partial charge >= 0.3 is 0 Å². The number of carbonyl (C=O) groups excluding carboxylic acids is 1. The Bertz CT molecular complexity index is 1060. The Labute approximate surface area is 186 Å². The molecule has 0 aromatic heterocycles. The van der Waals surface area contributed by atoms with Crippen LogP contribution < -0.4 is 9.62 Å². The molecule has 0 bridgehead atoms. The van der Waals surface area contributed by atoms with Crippen molar-refractivity contribution >= 4 is 21.6 Å². The zero-order chi connectivity index (χ0) is 22.8. The van der Waals surface area contributed by atoms with Crippen molar-refractivity contribution in [2.75, 3.05) is 10.6 Å². The van der Waals surface area contributed by atoms with Gasteiger partial charge in [-0.15, -0.1) is 0 Å². The van der Waals surface area contributed by atoms with Crippen LogP contribution >= 0.6 is 0 Å². The number of fused-ring (bicyclic) bond motifs is 1. The fourth-order valence-electron chi connectivity index (χ4n) is 4.36. The quantitative estimate of drug-likeness (QED) is 0.681. The molecule has 168 valence electrons. The zero-order valence-corrected chi connectivity index (χ0v) is 20.1. The standard InChI is InChI=1S/C25H34N2O3S/c1-6-24(22-13-12-20-9-7-8-10-21(20)16-22)26-25(28)19(4)27(31(5,29)30)23-14-11-17(2)18(3)15-23/h11-16,19,24H,6-10H2,1-5H3,(H,26,28)/t19-,24+/m1/s1. The van der Waals surface area contributed by atoms with E-state index in [4.69, 9.17) is 0 Å². The molecule has 0 heterocycles. The summed E-state index contributed by atoms with van der Waals surface area (Å²) < 4.78 is 26.4. The van der Waals surface area contributed by atoms with E-state index >= 15 is 0 Å². The van der Waals surface area contributed by atoms with Crippen molar-refractivity contribution in [1.82, 2.24) is 5.32 Å². The van der Waals surface area contributed by atoms with E-state index in [2.05, 4.69) is 23.5 Å². The largest absolute Gasteiger partial charge is 0.347 e. The number of amides is 1. The van der Waals surface area contributed by atoms with Crippen LogP contribution in [-0.2, 0) is 27.7 Å². The molecule has 0 saturated carbocycles. The Morgan fingerprint density at radius 1 is 1.03 bits per heavy atom. The van der Waals surface area contributed by atoms with Gasteiger partial charge in [-0.1, -0.05) is 31.2 Å². The lowest BCUT2D eigenvalue weighted by molar-refractivity contribution is -0.122. The number of carbonyl (C=O) groups is 1. The van der Waals surface area contributed by atoms with Gasteiger partial charge in [0.15, 0.2) is 0 Å². The van der Waals surface area contributed by atoms with E-state index in [1.54, 1.807) is 13.0 Å². The van der Waals surface area contributed by atoms with Crippen molar-refractivity contribution in [1.29, 1.82) is 0 Å². The van der Waals surface area contributed by atoms with Crippen LogP contribution in [0.2, 0.25) is 0 Å². The third kappa shape index (κ3) is 5.29. The number of anilines is 1. The average molecular weight is 443 g/mol. The lowest BCUT2D eigenvalue weighted by atomic mass is 9.88. The number of nitrogens with zero attached hydrogens (tertiary/aromatic N) is 1. The average Bonchev–Trinajstić information content (AvgIpc) is 2.73. The molecule has 31 heavy (non-hydrogen) atoms. The van der Waals surface area contributed by atoms with Gasteiger partial charge in [0.1, 0.15) is 6.04 Å². The van der Waals surface area contributed by atoms with Crippen LogP contribution in [0.5, 0.6) is 0 Å². The highest BCUT2D eigenvalue weighted by Crippen LogP contribution is 2.27. The van der Waals surface area contributed by atoms with E-state index < -0.39 is 16.1 Å². The van der Waals surface area contributed by atoms with Gasteiger partial charge in [0, 0.05) is 0 Å². The van der Waals surface area contributed by atoms with Gasteiger partial charge < -0.3 is 5.32 Å². The maximum atomic E-state index is 13.2. The highest BCUT2D eigenvalue weighted by Gasteiger charge is 2.30. The van der Waals surface area contributed by atoms with E-state index in [1.807, 2.05) is 32.9 Å². The molecule has 0 fully saturated rings. The number of benzene rings is 2. The van der Waals surface area contributed by atoms with Crippen LogP contribution in [0.3, 0.4) is 0 Å². The molecule has 0 unspecified atom stereocenters. The van der Waals surface area contributed by atoms with Crippen molar-refractivity contribution < 1.29 is 13.2 Å². The Balaban J connectivity index is 1.84. The molecule has 2 aromatic rings. The number of rotatable bonds is 7. The maximum Gasteiger partial charge on any atom is 0.244 e. The summed E-state index contributed by atoms with van der Waals surface area (Å²) in [7, 11) is -3.64. The lowest BCUT2D eigenvalue weighted by Gasteiger charge is -2.30. The maximum absolute atomic E-state index is 13.2. The van der Waals surface area contributed by atoms with Crippen LogP contribution in [0.1, 0.15) is 67.0 Å². The van der Waals surface area contributed by atoms with Crippen LogP contribution in [0, 0.1) is 13.8 Å². The number of aryl methyl sites for hydroxylation is 4. The van der Waals surface area contributed by atoms with Gasteiger partial charge in [-0.05, 0) is 92.8 Å². The van der Waals surface area contributed by atoms with E-state index in [9.17, 15) is 13.2 Å². The first-order valence-corrected chi connectivity index (χ1v) is 13.0. The summed E-state index contributed by atoms with van der Waals surface area (Å²) in [4.78, 5) is 13.2. The number of sulfonamides is 1. The van der Waals surface area contributed by atoms with Crippen LogP contribution in [-0.4, -0.2) is 26.6 Å². The summed E-state index contributed by atoms with van der Waals surface area (Å²) in [5.41, 5.74) is 6.43. The fourth-order valence-corrected chi connectivity index (χ4v) is 5.52. The first kappa shape index (κ1) is 23.3. The van der Waals surface area contributed by atoms with Gasteiger partial charge in [0.25, 0.3) is 0 Å². The van der Waals surface area contributed by atoms with Gasteiger partial charge in [0.05, 0.1) is 18.0 Å². The molecule has 0 saturated heterocycles. The predicted octanol–water partition coefficient (Wildman–Crippen LogP) is 4.60. The summed E-state index contributed by atoms with van der Waals surface area (Å²) >= 11 is 0. The Morgan fingerprint density at radius 3 is 2.32 bits per heavy atom. The summed E-state index contributed by atoms with van der Waals surface area (Å²) in [6.45, 7) is 7.59. The van der Waals surface area contributed by atoms with E-state index in [0.717, 1.165) is 42.2 Å². The van der Waals surface area contributed by atoms with Gasteiger partial charge in [0.2, 0.25) is 15.9 Å². The Kier molecular flexibility index (Phi) is 7.10. The van der Waals surface area contributed by atoms with Crippen molar-refractivity contribution in [3.05, 3.63) is 64.2 Å². The molecule has 3 rings (SSSR count). The van der Waals surface area contributed by atoms with E-state index in [0.29, 0.717) is 5.69 Å². The first-order valence-electron chi connectivity index (χ1n) is 11.1. The molecule has 0 radical (unpaired) electrons. The summed E-state index contributed by atoms with van der Waals surface area (Å²) in [6, 6.07) is 10.9. The Morgan fingerprint density at radius 2 is 1.71 bits per heavy atom. The van der Waals surface area contributed by atoms with Crippen LogP contribution in [0.15, 0.2) is 36.4 Å². The minimum atomic E-state index is -3.64. The van der Waals surface area contributed by atoms with Gasteiger partial charge in [-0.2, -0.15) is 0 Å². The monoisotopic (exact) mass is 442 g/mol. The third-order valence-corrected chi connectivity index (χ3v) is 7.57. The molecule has 0 aliphatic heterocycles. The highest BCUT2D eigenvalue weighted by atomic mass is 32.2. The van der Waals surface area contributed by atoms with Crippen molar-refractivity contribution in [3.63, 3.8) is 0 Å². The topological polar surface area (TPSA) is 66.5 Å². The van der Waals surface area contributed by atoms with Gasteiger partial charge in [-0.3, -0.25) is 9.10 Å². The summed E-state index contributed by atoms with van der Waals surface area (Å²) in [5, 5.41) is 3.09. The number of nitrogens with one attached hydrogen (secondary N) is 1. The third-order valence-electron chi connectivity index (χ3n) is 6.33. The molecule has 0 spiro atoms.